The maximum atomic E-state index is 11.7. The number of aliphatic hydroxyl groups excluding tert-OH is 1. The molecule has 0 aromatic carbocycles. The summed E-state index contributed by atoms with van der Waals surface area (Å²) in [5, 5.41) is 14.9. The van der Waals surface area contributed by atoms with Crippen LogP contribution in [-0.2, 0) is 14.3 Å². The smallest absolute Gasteiger partial charge is 0.239 e. The fourth-order valence-corrected chi connectivity index (χ4v) is 1.81. The van der Waals surface area contributed by atoms with Crippen LogP contribution in [0.3, 0.4) is 0 Å². The summed E-state index contributed by atoms with van der Waals surface area (Å²) in [6, 6.07) is -0.302. The molecule has 6 nitrogen and oxygen atoms in total. The molecule has 0 bridgehead atoms. The van der Waals surface area contributed by atoms with Gasteiger partial charge in [0.15, 0.2) is 0 Å². The van der Waals surface area contributed by atoms with Gasteiger partial charge in [0.2, 0.25) is 5.91 Å². The second-order valence-corrected chi connectivity index (χ2v) is 4.59. The highest BCUT2D eigenvalue weighted by Gasteiger charge is 2.15. The quantitative estimate of drug-likeness (QED) is 0.429. The third-order valence-corrected chi connectivity index (χ3v) is 3.00. The summed E-state index contributed by atoms with van der Waals surface area (Å²) in [5.41, 5.74) is 0. The van der Waals surface area contributed by atoms with Gasteiger partial charge in [-0.25, -0.2) is 0 Å². The van der Waals surface area contributed by atoms with Crippen molar-refractivity contribution in [1.29, 1.82) is 0 Å². The van der Waals surface area contributed by atoms with Gasteiger partial charge in [-0.3, -0.25) is 4.79 Å². The van der Waals surface area contributed by atoms with E-state index in [0.29, 0.717) is 19.8 Å². The molecule has 0 saturated heterocycles. The van der Waals surface area contributed by atoms with Crippen molar-refractivity contribution in [3.05, 3.63) is 0 Å². The summed E-state index contributed by atoms with van der Waals surface area (Å²) < 4.78 is 9.96. The Bertz CT molecular complexity index is 227. The lowest BCUT2D eigenvalue weighted by Crippen LogP contribution is -2.45. The number of hydrogen-bond donors (Lipinski definition) is 3. The standard InChI is InChI=1S/C13H28N2O4/c1-14-12(10-19-3)13(17)15-7-5-4-6-11(8-16)9-18-2/h11-12,14,16H,4-10H2,1-3H3,(H,15,17)/t11?,12-/m0/s1. The number of likely N-dealkylation sites (N-methyl/N-ethyl adjacent to an activating group) is 1. The fraction of sp³-hybridized carbons (Fsp3) is 0.923. The normalized spacial score (nSPS) is 14.1. The number of nitrogens with one attached hydrogen (secondary N) is 2. The summed E-state index contributed by atoms with van der Waals surface area (Å²) in [7, 11) is 4.94. The predicted octanol–water partition coefficient (Wildman–Crippen LogP) is -0.238. The van der Waals surface area contributed by atoms with E-state index in [1.165, 1.54) is 0 Å². The topological polar surface area (TPSA) is 79.8 Å². The molecular formula is C13H28N2O4. The minimum atomic E-state index is -0.302. The minimum absolute atomic E-state index is 0.0417. The number of hydrogen-bond acceptors (Lipinski definition) is 5. The van der Waals surface area contributed by atoms with Crippen molar-refractivity contribution in [1.82, 2.24) is 10.6 Å². The molecule has 0 aromatic rings. The largest absolute Gasteiger partial charge is 0.396 e. The first-order chi connectivity index (χ1) is 9.19. The molecule has 0 heterocycles. The third kappa shape index (κ3) is 8.93. The number of unbranched alkanes of at least 4 members (excludes halogenated alkanes) is 1. The molecule has 0 saturated carbocycles. The van der Waals surface area contributed by atoms with Crippen LogP contribution in [0.1, 0.15) is 19.3 Å². The van der Waals surface area contributed by atoms with Crippen LogP contribution in [0.5, 0.6) is 0 Å². The lowest BCUT2D eigenvalue weighted by Gasteiger charge is -2.15. The highest BCUT2D eigenvalue weighted by atomic mass is 16.5. The molecule has 19 heavy (non-hydrogen) atoms. The van der Waals surface area contributed by atoms with Crippen molar-refractivity contribution < 1.29 is 19.4 Å². The zero-order valence-corrected chi connectivity index (χ0v) is 12.3. The van der Waals surface area contributed by atoms with Crippen LogP contribution in [0, 0.1) is 5.92 Å². The van der Waals surface area contributed by atoms with E-state index < -0.39 is 0 Å². The Morgan fingerprint density at radius 1 is 1.21 bits per heavy atom. The van der Waals surface area contributed by atoms with Crippen molar-refractivity contribution >= 4 is 5.91 Å². The van der Waals surface area contributed by atoms with Crippen molar-refractivity contribution in [2.24, 2.45) is 5.92 Å². The Morgan fingerprint density at radius 3 is 2.42 bits per heavy atom. The first-order valence-corrected chi connectivity index (χ1v) is 6.73. The van der Waals surface area contributed by atoms with Crippen LogP contribution in [-0.4, -0.2) is 64.7 Å². The van der Waals surface area contributed by atoms with E-state index in [1.54, 1.807) is 21.3 Å². The highest BCUT2D eigenvalue weighted by molar-refractivity contribution is 5.81. The molecule has 0 aromatic heterocycles. The van der Waals surface area contributed by atoms with Gasteiger partial charge in [0.1, 0.15) is 6.04 Å². The van der Waals surface area contributed by atoms with Crippen molar-refractivity contribution in [3.8, 4) is 0 Å². The first-order valence-electron chi connectivity index (χ1n) is 6.73. The van der Waals surface area contributed by atoms with Crippen molar-refractivity contribution in [2.75, 3.05) is 47.6 Å². The lowest BCUT2D eigenvalue weighted by molar-refractivity contribution is -0.124. The molecule has 0 radical (unpaired) electrons. The third-order valence-electron chi connectivity index (χ3n) is 3.00. The van der Waals surface area contributed by atoms with Gasteiger partial charge in [-0.05, 0) is 19.9 Å². The molecule has 6 heteroatoms. The maximum absolute atomic E-state index is 11.7. The van der Waals surface area contributed by atoms with Crippen LogP contribution in [0.25, 0.3) is 0 Å². The van der Waals surface area contributed by atoms with E-state index in [9.17, 15) is 4.79 Å². The van der Waals surface area contributed by atoms with Gasteiger partial charge in [-0.2, -0.15) is 0 Å². The number of rotatable bonds is 12. The summed E-state index contributed by atoms with van der Waals surface area (Å²) in [6.45, 7) is 1.74. The van der Waals surface area contributed by atoms with Gasteiger partial charge in [-0.15, -0.1) is 0 Å². The Kier molecular flexibility index (Phi) is 11.9. The Morgan fingerprint density at radius 2 is 1.89 bits per heavy atom. The fourth-order valence-electron chi connectivity index (χ4n) is 1.81. The Hall–Kier alpha value is -0.690. The maximum Gasteiger partial charge on any atom is 0.239 e. The van der Waals surface area contributed by atoms with Crippen LogP contribution in [0.15, 0.2) is 0 Å². The summed E-state index contributed by atoms with van der Waals surface area (Å²) >= 11 is 0. The first kappa shape index (κ1) is 18.3. The van der Waals surface area contributed by atoms with E-state index in [1.807, 2.05) is 0 Å². The molecule has 0 spiro atoms. The van der Waals surface area contributed by atoms with Gasteiger partial charge >= 0.3 is 0 Å². The molecule has 1 amide bonds. The predicted molar refractivity (Wildman–Crippen MR) is 74.0 cm³/mol. The van der Waals surface area contributed by atoms with Gasteiger partial charge in [0.25, 0.3) is 0 Å². The molecule has 0 aliphatic heterocycles. The molecule has 1 unspecified atom stereocenters. The second-order valence-electron chi connectivity index (χ2n) is 4.59. The van der Waals surface area contributed by atoms with E-state index in [0.717, 1.165) is 19.3 Å². The molecule has 0 aliphatic carbocycles. The van der Waals surface area contributed by atoms with Crippen LogP contribution in [0.4, 0.5) is 0 Å². The number of methoxy groups -OCH3 is 2. The van der Waals surface area contributed by atoms with Crippen LogP contribution >= 0.6 is 0 Å². The molecule has 3 N–H and O–H groups in total. The number of amides is 1. The molecule has 0 fully saturated rings. The van der Waals surface area contributed by atoms with Crippen LogP contribution in [0.2, 0.25) is 0 Å². The Balaban J connectivity index is 3.64. The van der Waals surface area contributed by atoms with E-state index in [2.05, 4.69) is 10.6 Å². The van der Waals surface area contributed by atoms with E-state index >= 15 is 0 Å². The average molecular weight is 276 g/mol. The SMILES string of the molecule is CN[C@@H](COC)C(=O)NCCCCC(CO)COC. The van der Waals surface area contributed by atoms with Gasteiger partial charge in [0, 0.05) is 33.3 Å². The molecule has 0 aliphatic rings. The van der Waals surface area contributed by atoms with Crippen molar-refractivity contribution in [2.45, 2.75) is 25.3 Å². The molecule has 2 atom stereocenters. The molecule has 114 valence electrons. The van der Waals surface area contributed by atoms with E-state index in [-0.39, 0.29) is 24.5 Å². The highest BCUT2D eigenvalue weighted by Crippen LogP contribution is 2.07. The summed E-state index contributed by atoms with van der Waals surface area (Å²) in [4.78, 5) is 11.7. The zero-order chi connectivity index (χ0) is 14.5. The number of carbonyl (C=O) groups excluding carboxylic acids is 1. The number of aliphatic hydroxyl groups is 1. The van der Waals surface area contributed by atoms with Gasteiger partial charge in [-0.1, -0.05) is 6.42 Å². The minimum Gasteiger partial charge on any atom is -0.396 e. The zero-order valence-electron chi connectivity index (χ0n) is 12.3. The number of carbonyl (C=O) groups is 1. The van der Waals surface area contributed by atoms with Gasteiger partial charge in [0.05, 0.1) is 13.2 Å². The second kappa shape index (κ2) is 12.3. The van der Waals surface area contributed by atoms with Crippen molar-refractivity contribution in [3.63, 3.8) is 0 Å². The average Bonchev–Trinajstić information content (AvgIpc) is 2.42. The molecular weight excluding hydrogens is 248 g/mol. The molecule has 0 rings (SSSR count). The van der Waals surface area contributed by atoms with E-state index in [4.69, 9.17) is 14.6 Å². The number of ether oxygens (including phenoxy) is 2. The van der Waals surface area contributed by atoms with Crippen LogP contribution < -0.4 is 10.6 Å². The monoisotopic (exact) mass is 276 g/mol. The van der Waals surface area contributed by atoms with Gasteiger partial charge < -0.3 is 25.2 Å². The lowest BCUT2D eigenvalue weighted by atomic mass is 10.0. The summed E-state index contributed by atoms with van der Waals surface area (Å²) in [5.74, 6) is 0.152. The summed E-state index contributed by atoms with van der Waals surface area (Å²) in [6.07, 6.45) is 2.77. The Labute approximate surface area is 115 Å².